The lowest BCUT2D eigenvalue weighted by Gasteiger charge is -2.30. The van der Waals surface area contributed by atoms with Crippen LogP contribution in [0.5, 0.6) is 0 Å². The van der Waals surface area contributed by atoms with Crippen molar-refractivity contribution in [1.82, 2.24) is 0 Å². The highest BCUT2D eigenvalue weighted by Gasteiger charge is 2.52. The van der Waals surface area contributed by atoms with Gasteiger partial charge in [0.25, 0.3) is 0 Å². The Balaban J connectivity index is 0.968. The van der Waals surface area contributed by atoms with Crippen LogP contribution in [0.25, 0.3) is 99.2 Å². The van der Waals surface area contributed by atoms with E-state index in [9.17, 15) is 0 Å². The predicted molar refractivity (Wildman–Crippen MR) is 292 cm³/mol. The molecule has 0 amide bonds. The summed E-state index contributed by atoms with van der Waals surface area (Å²) in [6.07, 6.45) is 0. The smallest absolute Gasteiger partial charge is 0.144 e. The van der Waals surface area contributed by atoms with E-state index < -0.39 is 5.41 Å². The molecule has 2 heterocycles. The largest absolute Gasteiger partial charge is 0.456 e. The number of anilines is 3. The molecule has 0 unspecified atom stereocenters. The van der Waals surface area contributed by atoms with E-state index in [0.717, 1.165) is 72.1 Å². The number of rotatable bonds is 4. The minimum Gasteiger partial charge on any atom is -0.456 e. The second kappa shape index (κ2) is 13.9. The Labute approximate surface area is 410 Å². The van der Waals surface area contributed by atoms with E-state index >= 15 is 0 Å². The van der Waals surface area contributed by atoms with Gasteiger partial charge in [0.2, 0.25) is 0 Å². The zero-order valence-corrected chi connectivity index (χ0v) is 39.1. The maximum absolute atomic E-state index is 7.47. The maximum atomic E-state index is 7.47. The second-order valence-corrected chi connectivity index (χ2v) is 20.2. The Morgan fingerprint density at radius 3 is 1.69 bits per heavy atom. The minimum absolute atomic E-state index is 0.158. The molecule has 13 aromatic rings. The van der Waals surface area contributed by atoms with Gasteiger partial charge in [0, 0.05) is 55.4 Å². The third-order valence-corrected chi connectivity index (χ3v) is 16.5. The lowest BCUT2D eigenvalue weighted by molar-refractivity contribution is 0.660. The van der Waals surface area contributed by atoms with Crippen LogP contribution in [0.2, 0.25) is 0 Å². The monoisotopic (exact) mass is 905 g/mol. The lowest BCUT2D eigenvalue weighted by atomic mass is 9.70. The van der Waals surface area contributed by atoms with Crippen LogP contribution in [-0.4, -0.2) is 0 Å². The van der Waals surface area contributed by atoms with Gasteiger partial charge in [0.15, 0.2) is 0 Å². The molecule has 3 aliphatic rings. The number of benzene rings is 11. The molecule has 1 spiro atoms. The fourth-order valence-corrected chi connectivity index (χ4v) is 13.5. The van der Waals surface area contributed by atoms with Crippen LogP contribution in [0.15, 0.2) is 233 Å². The van der Waals surface area contributed by atoms with Crippen LogP contribution in [0.1, 0.15) is 47.2 Å². The van der Waals surface area contributed by atoms with Crippen molar-refractivity contribution in [3.8, 4) is 44.5 Å². The van der Waals surface area contributed by atoms with Gasteiger partial charge in [-0.3, -0.25) is 0 Å². The molecule has 0 atom stereocenters. The van der Waals surface area contributed by atoms with E-state index in [2.05, 4.69) is 243 Å². The SMILES string of the molecule is CC1(C)c2ccccc2-c2ccc(N(c3ccc4c(c3)oc3c(-c5cccc6c5-c5ccccc5C65c6ccccc6-c6ccccc65)c5c(cc34)oc3ccccc35)c3cccc4ccccc34)cc21. The number of furan rings is 2. The molecule has 0 saturated heterocycles. The summed E-state index contributed by atoms with van der Waals surface area (Å²) in [6.45, 7) is 4.71. The van der Waals surface area contributed by atoms with Gasteiger partial charge in [0.05, 0.1) is 11.1 Å². The van der Waals surface area contributed by atoms with Gasteiger partial charge in [-0.1, -0.05) is 190 Å². The predicted octanol–water partition coefficient (Wildman–Crippen LogP) is 18.4. The average Bonchev–Trinajstić information content (AvgIpc) is 4.20. The summed E-state index contributed by atoms with van der Waals surface area (Å²) in [5.41, 5.74) is 23.8. The van der Waals surface area contributed by atoms with E-state index in [1.165, 1.54) is 77.5 Å². The van der Waals surface area contributed by atoms with E-state index in [4.69, 9.17) is 8.83 Å². The summed E-state index contributed by atoms with van der Waals surface area (Å²) in [7, 11) is 0. The molecule has 3 heteroatoms. The Hall–Kier alpha value is -8.92. The van der Waals surface area contributed by atoms with Crippen molar-refractivity contribution in [2.24, 2.45) is 0 Å². The third-order valence-electron chi connectivity index (χ3n) is 16.5. The Morgan fingerprint density at radius 1 is 0.338 bits per heavy atom. The van der Waals surface area contributed by atoms with Gasteiger partial charge < -0.3 is 13.7 Å². The molecule has 0 N–H and O–H groups in total. The minimum atomic E-state index is -0.482. The number of nitrogens with zero attached hydrogens (tertiary/aromatic N) is 1. The highest BCUT2D eigenvalue weighted by molar-refractivity contribution is 6.25. The molecule has 0 bridgehead atoms. The zero-order chi connectivity index (χ0) is 46.7. The fraction of sp³-hybridized carbons (Fsp3) is 0.0588. The van der Waals surface area contributed by atoms with Crippen LogP contribution in [0.4, 0.5) is 17.1 Å². The van der Waals surface area contributed by atoms with Gasteiger partial charge in [-0.05, 0) is 120 Å². The molecule has 71 heavy (non-hydrogen) atoms. The first-order valence-electron chi connectivity index (χ1n) is 24.7. The van der Waals surface area contributed by atoms with Crippen molar-refractivity contribution in [2.75, 3.05) is 4.90 Å². The van der Waals surface area contributed by atoms with Gasteiger partial charge in [-0.15, -0.1) is 0 Å². The molecule has 0 fully saturated rings. The summed E-state index contributed by atoms with van der Waals surface area (Å²) < 4.78 is 14.3. The number of fused-ring (bicyclic) bond motifs is 20. The molecule has 3 nitrogen and oxygen atoms in total. The topological polar surface area (TPSA) is 29.5 Å². The lowest BCUT2D eigenvalue weighted by Crippen LogP contribution is -2.25. The van der Waals surface area contributed by atoms with Crippen molar-refractivity contribution >= 4 is 71.7 Å². The van der Waals surface area contributed by atoms with E-state index in [0.29, 0.717) is 0 Å². The van der Waals surface area contributed by atoms with Gasteiger partial charge >= 0.3 is 0 Å². The van der Waals surface area contributed by atoms with Gasteiger partial charge in [-0.25, -0.2) is 0 Å². The third kappa shape index (κ3) is 4.97. The molecule has 0 aliphatic heterocycles. The molecular weight excluding hydrogens is 863 g/mol. The number of hydrogen-bond donors (Lipinski definition) is 0. The molecule has 0 saturated carbocycles. The number of hydrogen-bond acceptors (Lipinski definition) is 3. The van der Waals surface area contributed by atoms with Crippen LogP contribution in [0, 0.1) is 0 Å². The number of para-hydroxylation sites is 1. The Bertz CT molecular complexity index is 4420. The van der Waals surface area contributed by atoms with Crippen LogP contribution in [0.3, 0.4) is 0 Å². The van der Waals surface area contributed by atoms with Gasteiger partial charge in [-0.2, -0.15) is 0 Å². The maximum Gasteiger partial charge on any atom is 0.144 e. The van der Waals surface area contributed by atoms with Crippen molar-refractivity contribution in [1.29, 1.82) is 0 Å². The quantitative estimate of drug-likeness (QED) is 0.176. The van der Waals surface area contributed by atoms with E-state index in [1.54, 1.807) is 0 Å². The standard InChI is InChI=1S/C68H43NO2/c1-67(2)53-26-10-5-20-44(53)47-35-33-41(37-58(47)67)69(59-31-15-18-40-17-3-4-19-43(40)59)42-34-36-48-52-39-62-64(50-24-9-14-32-60(50)70-62)65(66(52)71-61(48)38-42)51-25-16-30-57-63(51)49-23-8-13-29-56(49)68(57)54-27-11-6-21-45(54)46-22-7-12-28-55(46)68/h3-39H,1-2H3. The Morgan fingerprint density at radius 2 is 0.901 bits per heavy atom. The van der Waals surface area contributed by atoms with E-state index in [-0.39, 0.29) is 5.41 Å². The van der Waals surface area contributed by atoms with E-state index in [1.807, 2.05) is 0 Å². The molecular formula is C68H43NO2. The van der Waals surface area contributed by atoms with Crippen molar-refractivity contribution < 1.29 is 8.83 Å². The fourth-order valence-electron chi connectivity index (χ4n) is 13.5. The Kier molecular flexibility index (Phi) is 7.62. The van der Waals surface area contributed by atoms with Crippen LogP contribution >= 0.6 is 0 Å². The molecule has 11 aromatic carbocycles. The first kappa shape index (κ1) is 39.0. The van der Waals surface area contributed by atoms with Gasteiger partial charge in [0.1, 0.15) is 22.3 Å². The highest BCUT2D eigenvalue weighted by atomic mass is 16.3. The highest BCUT2D eigenvalue weighted by Crippen LogP contribution is 2.65. The molecule has 0 radical (unpaired) electrons. The first-order chi connectivity index (χ1) is 35.0. The summed E-state index contributed by atoms with van der Waals surface area (Å²) >= 11 is 0. The van der Waals surface area contributed by atoms with Crippen molar-refractivity contribution in [3.05, 3.63) is 258 Å². The summed E-state index contributed by atoms with van der Waals surface area (Å²) in [6, 6.07) is 82.7. The summed E-state index contributed by atoms with van der Waals surface area (Å²) in [5.74, 6) is 0. The summed E-state index contributed by atoms with van der Waals surface area (Å²) in [4.78, 5) is 2.42. The van der Waals surface area contributed by atoms with Crippen molar-refractivity contribution in [3.63, 3.8) is 0 Å². The van der Waals surface area contributed by atoms with Crippen molar-refractivity contribution in [2.45, 2.75) is 24.7 Å². The van der Waals surface area contributed by atoms with Crippen LogP contribution < -0.4 is 4.90 Å². The summed E-state index contributed by atoms with van der Waals surface area (Å²) in [5, 5.41) is 6.57. The second-order valence-electron chi connectivity index (χ2n) is 20.2. The first-order valence-corrected chi connectivity index (χ1v) is 24.7. The molecule has 2 aromatic heterocycles. The van der Waals surface area contributed by atoms with Crippen LogP contribution in [-0.2, 0) is 10.8 Å². The zero-order valence-electron chi connectivity index (χ0n) is 39.1. The molecule has 16 rings (SSSR count). The molecule has 332 valence electrons. The molecule has 3 aliphatic carbocycles. The normalized spacial score (nSPS) is 14.3. The average molecular weight is 906 g/mol.